The molecule has 1 saturated heterocycles. The molecule has 3 rings (SSSR count). The topological polar surface area (TPSA) is 58.5 Å². The minimum atomic E-state index is 0. The van der Waals surface area contributed by atoms with E-state index in [1.165, 1.54) is 16.0 Å². The van der Waals surface area contributed by atoms with Crippen LogP contribution in [0, 0.1) is 13.8 Å². The molecule has 0 saturated carbocycles. The van der Waals surface area contributed by atoms with E-state index < -0.39 is 0 Å². The summed E-state index contributed by atoms with van der Waals surface area (Å²) in [6.45, 7) is 7.60. The van der Waals surface area contributed by atoms with Crippen LogP contribution in [0.4, 0.5) is 0 Å². The molecule has 0 bridgehead atoms. The van der Waals surface area contributed by atoms with Gasteiger partial charge in [-0.15, -0.1) is 35.3 Å². The van der Waals surface area contributed by atoms with Gasteiger partial charge >= 0.3 is 0 Å². The Kier molecular flexibility index (Phi) is 9.17. The number of benzene rings is 1. The lowest BCUT2D eigenvalue weighted by Crippen LogP contribution is -2.48. The minimum absolute atomic E-state index is 0. The van der Waals surface area contributed by atoms with Gasteiger partial charge in [0.05, 0.1) is 5.01 Å². The highest BCUT2D eigenvalue weighted by molar-refractivity contribution is 14.0. The van der Waals surface area contributed by atoms with E-state index in [1.54, 1.807) is 11.3 Å². The number of aliphatic imine (C=N–C) groups is 1. The van der Waals surface area contributed by atoms with E-state index >= 15 is 0 Å². The molecule has 0 atom stereocenters. The molecule has 0 spiro atoms. The van der Waals surface area contributed by atoms with Gasteiger partial charge in [-0.2, -0.15) is 0 Å². The molecule has 2 heterocycles. The Labute approximate surface area is 189 Å². The number of rotatable bonds is 6. The first kappa shape index (κ1) is 23.1. The molecule has 0 unspecified atom stereocenters. The highest BCUT2D eigenvalue weighted by Crippen LogP contribution is 2.36. The Morgan fingerprint density at radius 3 is 2.61 bits per heavy atom. The van der Waals surface area contributed by atoms with Gasteiger partial charge in [-0.3, -0.25) is 4.99 Å². The molecule has 0 amide bonds. The van der Waals surface area contributed by atoms with Gasteiger partial charge < -0.3 is 15.4 Å². The Bertz CT molecular complexity index is 771. The van der Waals surface area contributed by atoms with E-state index in [0.29, 0.717) is 0 Å². The molecule has 1 aromatic carbocycles. The SMILES string of the molecule is CN=C(NCCc1ncc(C)s1)NCC1(c2ccccc2C)CCOCC1.I. The lowest BCUT2D eigenvalue weighted by Gasteiger charge is -2.39. The van der Waals surface area contributed by atoms with Crippen molar-refractivity contribution >= 4 is 41.3 Å². The Morgan fingerprint density at radius 2 is 1.96 bits per heavy atom. The van der Waals surface area contributed by atoms with Crippen molar-refractivity contribution in [1.82, 2.24) is 15.6 Å². The van der Waals surface area contributed by atoms with E-state index in [1.807, 2.05) is 13.2 Å². The number of aromatic nitrogens is 1. The summed E-state index contributed by atoms with van der Waals surface area (Å²) in [5, 5.41) is 8.15. The first-order chi connectivity index (χ1) is 13.1. The Hall–Kier alpha value is -1.19. The molecule has 0 radical (unpaired) electrons. The van der Waals surface area contributed by atoms with Crippen molar-refractivity contribution in [2.45, 2.75) is 38.5 Å². The normalized spacial score (nSPS) is 16.3. The first-order valence-corrected chi connectivity index (χ1v) is 10.4. The van der Waals surface area contributed by atoms with Gasteiger partial charge in [0.1, 0.15) is 0 Å². The summed E-state index contributed by atoms with van der Waals surface area (Å²) in [7, 11) is 1.83. The molecule has 1 aliphatic heterocycles. The summed E-state index contributed by atoms with van der Waals surface area (Å²) in [6, 6.07) is 8.72. The third-order valence-electron chi connectivity index (χ3n) is 5.28. The number of thiazole rings is 1. The van der Waals surface area contributed by atoms with Crippen molar-refractivity contribution < 1.29 is 4.74 Å². The maximum Gasteiger partial charge on any atom is 0.191 e. The average Bonchev–Trinajstić information content (AvgIpc) is 3.10. The summed E-state index contributed by atoms with van der Waals surface area (Å²) in [5.74, 6) is 0.850. The number of nitrogens with one attached hydrogen (secondary N) is 2. The van der Waals surface area contributed by atoms with E-state index in [9.17, 15) is 0 Å². The van der Waals surface area contributed by atoms with Crippen LogP contribution < -0.4 is 10.6 Å². The van der Waals surface area contributed by atoms with Crippen molar-refractivity contribution in [3.05, 3.63) is 51.5 Å². The van der Waals surface area contributed by atoms with Crippen LogP contribution in [0.2, 0.25) is 0 Å². The van der Waals surface area contributed by atoms with Crippen LogP contribution >= 0.6 is 35.3 Å². The fourth-order valence-electron chi connectivity index (χ4n) is 3.75. The second-order valence-electron chi connectivity index (χ2n) is 7.17. The van der Waals surface area contributed by atoms with Crippen LogP contribution in [-0.4, -0.2) is 44.3 Å². The average molecular weight is 514 g/mol. The molecule has 28 heavy (non-hydrogen) atoms. The molecule has 1 aromatic heterocycles. The van der Waals surface area contributed by atoms with E-state index in [2.05, 4.69) is 58.7 Å². The number of hydrogen-bond acceptors (Lipinski definition) is 4. The van der Waals surface area contributed by atoms with E-state index in [0.717, 1.165) is 56.5 Å². The maximum atomic E-state index is 5.66. The standard InChI is InChI=1S/C21H30N4OS.HI/c1-16-6-4-5-7-18(16)21(9-12-26-13-10-21)15-25-20(22-3)23-11-8-19-24-14-17(2)27-19;/h4-7,14H,8-13,15H2,1-3H3,(H2,22,23,25);1H. The summed E-state index contributed by atoms with van der Waals surface area (Å²) in [4.78, 5) is 10.1. The molecule has 1 fully saturated rings. The highest BCUT2D eigenvalue weighted by Gasteiger charge is 2.35. The molecular formula is C21H31IN4OS. The summed E-state index contributed by atoms with van der Waals surface area (Å²) < 4.78 is 5.66. The lowest BCUT2D eigenvalue weighted by atomic mass is 9.72. The third-order valence-corrected chi connectivity index (χ3v) is 6.26. The number of ether oxygens (including phenoxy) is 1. The zero-order valence-corrected chi connectivity index (χ0v) is 20.1. The van der Waals surface area contributed by atoms with Crippen molar-refractivity contribution in [3.63, 3.8) is 0 Å². The summed E-state index contributed by atoms with van der Waals surface area (Å²) in [6.07, 6.45) is 4.90. The Morgan fingerprint density at radius 1 is 1.21 bits per heavy atom. The first-order valence-electron chi connectivity index (χ1n) is 9.63. The highest BCUT2D eigenvalue weighted by atomic mass is 127. The third kappa shape index (κ3) is 5.90. The molecule has 2 aromatic rings. The number of hydrogen-bond donors (Lipinski definition) is 2. The fourth-order valence-corrected chi connectivity index (χ4v) is 4.54. The van der Waals surface area contributed by atoms with Gasteiger partial charge in [-0.1, -0.05) is 24.3 Å². The van der Waals surface area contributed by atoms with Crippen LogP contribution in [0.1, 0.15) is 33.9 Å². The van der Waals surface area contributed by atoms with Crippen LogP contribution in [0.25, 0.3) is 0 Å². The fraction of sp³-hybridized carbons (Fsp3) is 0.524. The van der Waals surface area contributed by atoms with Crippen LogP contribution in [0.15, 0.2) is 35.5 Å². The van der Waals surface area contributed by atoms with Crippen LogP contribution in [-0.2, 0) is 16.6 Å². The van der Waals surface area contributed by atoms with Crippen LogP contribution in [0.5, 0.6) is 0 Å². The number of aryl methyl sites for hydroxylation is 2. The molecule has 2 N–H and O–H groups in total. The minimum Gasteiger partial charge on any atom is -0.381 e. The lowest BCUT2D eigenvalue weighted by molar-refractivity contribution is 0.0512. The molecule has 1 aliphatic rings. The summed E-state index contributed by atoms with van der Waals surface area (Å²) >= 11 is 1.76. The van der Waals surface area contributed by atoms with E-state index in [4.69, 9.17) is 4.74 Å². The zero-order valence-electron chi connectivity index (χ0n) is 17.0. The largest absolute Gasteiger partial charge is 0.381 e. The Balaban J connectivity index is 0.00000280. The van der Waals surface area contributed by atoms with Crippen molar-refractivity contribution in [1.29, 1.82) is 0 Å². The van der Waals surface area contributed by atoms with Gasteiger partial charge in [0, 0.05) is 56.3 Å². The molecular weight excluding hydrogens is 483 g/mol. The molecule has 154 valence electrons. The van der Waals surface area contributed by atoms with Crippen molar-refractivity contribution in [2.75, 3.05) is 33.4 Å². The zero-order chi connectivity index (χ0) is 19.1. The second-order valence-corrected chi connectivity index (χ2v) is 8.49. The van der Waals surface area contributed by atoms with Gasteiger partial charge in [0.15, 0.2) is 5.96 Å². The van der Waals surface area contributed by atoms with Gasteiger partial charge in [-0.05, 0) is 37.8 Å². The maximum absolute atomic E-state index is 5.66. The predicted octanol–water partition coefficient (Wildman–Crippen LogP) is 3.83. The van der Waals surface area contributed by atoms with Crippen LogP contribution in [0.3, 0.4) is 0 Å². The van der Waals surface area contributed by atoms with Gasteiger partial charge in [-0.25, -0.2) is 4.98 Å². The number of guanidine groups is 1. The van der Waals surface area contributed by atoms with Gasteiger partial charge in [0.2, 0.25) is 0 Å². The quantitative estimate of drug-likeness (QED) is 0.350. The predicted molar refractivity (Wildman–Crippen MR) is 128 cm³/mol. The van der Waals surface area contributed by atoms with E-state index in [-0.39, 0.29) is 29.4 Å². The van der Waals surface area contributed by atoms with Crippen molar-refractivity contribution in [2.24, 2.45) is 4.99 Å². The molecule has 5 nitrogen and oxygen atoms in total. The number of halogens is 1. The smallest absolute Gasteiger partial charge is 0.191 e. The number of nitrogens with zero attached hydrogens (tertiary/aromatic N) is 2. The molecule has 7 heteroatoms. The molecule has 0 aliphatic carbocycles. The van der Waals surface area contributed by atoms with Gasteiger partial charge in [0.25, 0.3) is 0 Å². The second kappa shape index (κ2) is 11.1. The summed E-state index contributed by atoms with van der Waals surface area (Å²) in [5.41, 5.74) is 2.87. The van der Waals surface area contributed by atoms with Crippen molar-refractivity contribution in [3.8, 4) is 0 Å². The monoisotopic (exact) mass is 514 g/mol.